The number of benzene rings is 2. The zero-order chi connectivity index (χ0) is 27.1. The molecule has 3 aliphatic heterocycles. The lowest BCUT2D eigenvalue weighted by Crippen LogP contribution is -2.56. The molecule has 2 bridgehead atoms. The maximum absolute atomic E-state index is 14.1. The lowest BCUT2D eigenvalue weighted by Gasteiger charge is -2.34. The zero-order valence-corrected chi connectivity index (χ0v) is 22.4. The number of aryl methyl sites for hydroxylation is 1. The monoisotopic (exact) mass is 529 g/mol. The van der Waals surface area contributed by atoms with Crippen LogP contribution in [0.2, 0.25) is 0 Å². The topological polar surface area (TPSA) is 97.0 Å². The highest BCUT2D eigenvalue weighted by molar-refractivity contribution is 6.02. The first-order valence-electron chi connectivity index (χ1n) is 13.9. The molecule has 3 unspecified atom stereocenters. The molecule has 39 heavy (non-hydrogen) atoms. The first-order chi connectivity index (χ1) is 18.9. The van der Waals surface area contributed by atoms with E-state index in [2.05, 4.69) is 10.6 Å². The Labute approximate surface area is 228 Å². The number of ether oxygens (including phenoxy) is 2. The molecular weight excluding hydrogens is 494 g/mol. The van der Waals surface area contributed by atoms with Crippen molar-refractivity contribution in [1.82, 2.24) is 10.2 Å². The fraction of sp³-hybridized carbons (Fsp3) is 0.452. The Morgan fingerprint density at radius 1 is 1.03 bits per heavy atom. The number of nitrogens with zero attached hydrogens (tertiary/aromatic N) is 1. The van der Waals surface area contributed by atoms with Crippen LogP contribution in [0.4, 0.5) is 5.69 Å². The summed E-state index contributed by atoms with van der Waals surface area (Å²) < 4.78 is 11.7. The number of hydrogen-bond donors (Lipinski definition) is 2. The number of amides is 3. The number of fused-ring (bicyclic) bond motifs is 1. The molecule has 0 radical (unpaired) electrons. The van der Waals surface area contributed by atoms with Crippen molar-refractivity contribution in [2.24, 2.45) is 11.8 Å². The van der Waals surface area contributed by atoms with E-state index in [1.165, 1.54) is 6.42 Å². The van der Waals surface area contributed by atoms with Gasteiger partial charge < -0.3 is 25.0 Å². The van der Waals surface area contributed by atoms with Gasteiger partial charge in [-0.1, -0.05) is 61.2 Å². The van der Waals surface area contributed by atoms with Gasteiger partial charge in [0.05, 0.1) is 25.0 Å². The molecular formula is C31H35N3O5. The van der Waals surface area contributed by atoms with Gasteiger partial charge >= 0.3 is 0 Å². The molecule has 204 valence electrons. The van der Waals surface area contributed by atoms with Gasteiger partial charge in [0.25, 0.3) is 0 Å². The van der Waals surface area contributed by atoms with Gasteiger partial charge in [-0.2, -0.15) is 0 Å². The molecule has 5 atom stereocenters. The molecule has 1 aliphatic carbocycles. The van der Waals surface area contributed by atoms with Gasteiger partial charge in [-0.25, -0.2) is 0 Å². The quantitative estimate of drug-likeness (QED) is 0.533. The Morgan fingerprint density at radius 3 is 2.44 bits per heavy atom. The maximum atomic E-state index is 14.1. The normalized spacial score (nSPS) is 29.4. The third-order valence-electron chi connectivity index (χ3n) is 8.71. The molecule has 3 heterocycles. The summed E-state index contributed by atoms with van der Waals surface area (Å²) in [6, 6.07) is 14.3. The van der Waals surface area contributed by atoms with E-state index < -0.39 is 29.6 Å². The molecule has 0 aromatic heterocycles. The number of nitrogens with one attached hydrogen (secondary N) is 2. The van der Waals surface area contributed by atoms with Crippen LogP contribution in [-0.4, -0.2) is 53.5 Å². The van der Waals surface area contributed by atoms with Crippen LogP contribution in [0, 0.1) is 18.8 Å². The number of carbonyl (C=O) groups is 3. The van der Waals surface area contributed by atoms with Crippen LogP contribution in [0.5, 0.6) is 5.75 Å². The summed E-state index contributed by atoms with van der Waals surface area (Å²) in [7, 11) is 1.58. The van der Waals surface area contributed by atoms with Crippen molar-refractivity contribution < 1.29 is 23.9 Å². The molecule has 2 aromatic carbocycles. The average molecular weight is 530 g/mol. The SMILES string of the molecule is COc1ccc(NC(=O)C2[C@@H]3C=CC4(O3)C(C(=O)NC3CCCCC3)N(Cc3ccc(C)cc3)C(=O)[C@H]24)cc1. The van der Waals surface area contributed by atoms with Gasteiger partial charge in [-0.3, -0.25) is 14.4 Å². The summed E-state index contributed by atoms with van der Waals surface area (Å²) in [5, 5.41) is 6.18. The third kappa shape index (κ3) is 4.50. The second-order valence-corrected chi connectivity index (χ2v) is 11.2. The van der Waals surface area contributed by atoms with Gasteiger partial charge in [0.2, 0.25) is 17.7 Å². The van der Waals surface area contributed by atoms with Crippen LogP contribution in [0.3, 0.4) is 0 Å². The molecule has 4 aliphatic rings. The van der Waals surface area contributed by atoms with Crippen molar-refractivity contribution in [2.75, 3.05) is 12.4 Å². The Balaban J connectivity index is 1.30. The molecule has 1 spiro atoms. The number of anilines is 1. The van der Waals surface area contributed by atoms with Crippen LogP contribution < -0.4 is 15.4 Å². The largest absolute Gasteiger partial charge is 0.497 e. The van der Waals surface area contributed by atoms with Crippen molar-refractivity contribution in [3.8, 4) is 5.75 Å². The molecule has 6 rings (SSSR count). The maximum Gasteiger partial charge on any atom is 0.246 e. The number of methoxy groups -OCH3 is 1. The molecule has 8 nitrogen and oxygen atoms in total. The zero-order valence-electron chi connectivity index (χ0n) is 22.4. The summed E-state index contributed by atoms with van der Waals surface area (Å²) in [4.78, 5) is 43.3. The summed E-state index contributed by atoms with van der Waals surface area (Å²) in [5.41, 5.74) is 1.48. The van der Waals surface area contributed by atoms with E-state index >= 15 is 0 Å². The molecule has 2 aromatic rings. The number of rotatable bonds is 7. The molecule has 3 amide bonds. The third-order valence-corrected chi connectivity index (χ3v) is 8.71. The standard InChI is InChI=1S/C31H35N3O5/c1-19-8-10-20(11-9-19)18-34-27(29(36)33-21-6-4-3-5-7-21)31-17-16-24(39-31)25(26(31)30(34)37)28(35)32-22-12-14-23(38-2)15-13-22/h8-17,21,24-27H,3-7,18H2,1-2H3,(H,32,35)(H,33,36)/t24-,25?,26-,27?,31?/m0/s1. The van der Waals surface area contributed by atoms with E-state index in [0.717, 1.165) is 36.8 Å². The van der Waals surface area contributed by atoms with E-state index in [4.69, 9.17) is 9.47 Å². The predicted molar refractivity (Wildman–Crippen MR) is 146 cm³/mol. The highest BCUT2D eigenvalue weighted by Crippen LogP contribution is 2.55. The van der Waals surface area contributed by atoms with Crippen LogP contribution in [0.25, 0.3) is 0 Å². The van der Waals surface area contributed by atoms with Gasteiger partial charge in [0.15, 0.2) is 0 Å². The summed E-state index contributed by atoms with van der Waals surface area (Å²) in [6.45, 7) is 2.28. The van der Waals surface area contributed by atoms with E-state index in [1.54, 1.807) is 36.3 Å². The number of likely N-dealkylation sites (tertiary alicyclic amines) is 1. The van der Waals surface area contributed by atoms with Crippen molar-refractivity contribution in [1.29, 1.82) is 0 Å². The minimum absolute atomic E-state index is 0.0924. The van der Waals surface area contributed by atoms with Crippen LogP contribution in [0.1, 0.15) is 43.2 Å². The van der Waals surface area contributed by atoms with Gasteiger partial charge in [0.1, 0.15) is 17.4 Å². The van der Waals surface area contributed by atoms with E-state index in [9.17, 15) is 14.4 Å². The first kappa shape index (κ1) is 25.6. The van der Waals surface area contributed by atoms with Gasteiger partial charge in [0, 0.05) is 18.3 Å². The van der Waals surface area contributed by atoms with Crippen molar-refractivity contribution in [3.63, 3.8) is 0 Å². The van der Waals surface area contributed by atoms with E-state index in [1.807, 2.05) is 43.3 Å². The highest BCUT2D eigenvalue weighted by atomic mass is 16.5. The van der Waals surface area contributed by atoms with Crippen molar-refractivity contribution in [3.05, 3.63) is 71.8 Å². The molecule has 3 fully saturated rings. The smallest absolute Gasteiger partial charge is 0.246 e. The highest BCUT2D eigenvalue weighted by Gasteiger charge is 2.72. The molecule has 8 heteroatoms. The van der Waals surface area contributed by atoms with Crippen LogP contribution >= 0.6 is 0 Å². The Morgan fingerprint density at radius 2 is 1.74 bits per heavy atom. The summed E-state index contributed by atoms with van der Waals surface area (Å²) in [5.74, 6) is -1.55. The Hall–Kier alpha value is -3.65. The minimum atomic E-state index is -1.17. The van der Waals surface area contributed by atoms with Crippen molar-refractivity contribution >= 4 is 23.4 Å². The van der Waals surface area contributed by atoms with Crippen LogP contribution in [0.15, 0.2) is 60.7 Å². The second kappa shape index (κ2) is 10.2. The van der Waals surface area contributed by atoms with Gasteiger partial charge in [-0.05, 0) is 49.6 Å². The molecule has 2 N–H and O–H groups in total. The minimum Gasteiger partial charge on any atom is -0.497 e. The number of carbonyl (C=O) groups excluding carboxylic acids is 3. The van der Waals surface area contributed by atoms with Crippen molar-refractivity contribution in [2.45, 2.75) is 69.4 Å². The summed E-state index contributed by atoms with van der Waals surface area (Å²) >= 11 is 0. The lowest BCUT2D eigenvalue weighted by atomic mass is 9.74. The van der Waals surface area contributed by atoms with Crippen LogP contribution in [-0.2, 0) is 25.7 Å². The Kier molecular flexibility index (Phi) is 6.67. The first-order valence-corrected chi connectivity index (χ1v) is 13.9. The molecule has 2 saturated heterocycles. The second-order valence-electron chi connectivity index (χ2n) is 11.2. The van der Waals surface area contributed by atoms with Gasteiger partial charge in [-0.15, -0.1) is 0 Å². The number of hydrogen-bond acceptors (Lipinski definition) is 5. The summed E-state index contributed by atoms with van der Waals surface area (Å²) in [6.07, 6.45) is 8.36. The average Bonchev–Trinajstić information content (AvgIpc) is 3.58. The van der Waals surface area contributed by atoms with E-state index in [0.29, 0.717) is 11.4 Å². The fourth-order valence-electron chi connectivity index (χ4n) is 6.75. The Bertz CT molecular complexity index is 1280. The molecule has 1 saturated carbocycles. The fourth-order valence-corrected chi connectivity index (χ4v) is 6.75. The lowest BCUT2D eigenvalue weighted by molar-refractivity contribution is -0.142. The van der Waals surface area contributed by atoms with E-state index in [-0.39, 0.29) is 30.3 Å². The predicted octanol–water partition coefficient (Wildman–Crippen LogP) is 3.74.